The van der Waals surface area contributed by atoms with Gasteiger partial charge in [-0.1, -0.05) is 69.9 Å². The zero-order valence-corrected chi connectivity index (χ0v) is 14.6. The summed E-state index contributed by atoms with van der Waals surface area (Å²) in [5, 5.41) is 0. The highest BCUT2D eigenvalue weighted by molar-refractivity contribution is 4.92. The second kappa shape index (κ2) is 12.2. The molecular formula is C20H38. The Balaban J connectivity index is 0.000000370. The normalized spacial score (nSPS) is 21.8. The van der Waals surface area contributed by atoms with E-state index in [-0.39, 0.29) is 0 Å². The van der Waals surface area contributed by atoms with E-state index in [1.165, 1.54) is 62.5 Å². The van der Waals surface area contributed by atoms with E-state index < -0.39 is 0 Å². The molecule has 0 nitrogen and oxygen atoms in total. The lowest BCUT2D eigenvalue weighted by molar-refractivity contribution is 0.237. The summed E-state index contributed by atoms with van der Waals surface area (Å²) in [6.07, 6.45) is 13.8. The van der Waals surface area contributed by atoms with Crippen LogP contribution in [0, 0.1) is 11.8 Å². The third-order valence-corrected chi connectivity index (χ3v) is 4.42. The summed E-state index contributed by atoms with van der Waals surface area (Å²) in [6, 6.07) is 0. The number of allylic oxidation sites excluding steroid dienone is 2. The molecule has 1 aliphatic rings. The van der Waals surface area contributed by atoms with Gasteiger partial charge < -0.3 is 0 Å². The fourth-order valence-electron chi connectivity index (χ4n) is 2.98. The van der Waals surface area contributed by atoms with Crippen molar-refractivity contribution in [1.29, 1.82) is 0 Å². The first-order valence-corrected chi connectivity index (χ1v) is 8.76. The van der Waals surface area contributed by atoms with Crippen molar-refractivity contribution in [1.82, 2.24) is 0 Å². The Bertz CT molecular complexity index is 247. The lowest BCUT2D eigenvalue weighted by atomic mass is 9.78. The fraction of sp³-hybridized carbons (Fsp3) is 0.800. The minimum Gasteiger partial charge on any atom is -0.100 e. The highest BCUT2D eigenvalue weighted by Crippen LogP contribution is 2.32. The van der Waals surface area contributed by atoms with Crippen LogP contribution in [0.25, 0.3) is 0 Å². The zero-order valence-electron chi connectivity index (χ0n) is 14.6. The largest absolute Gasteiger partial charge is 0.100 e. The minimum atomic E-state index is 1.02. The van der Waals surface area contributed by atoms with Crippen molar-refractivity contribution in [2.45, 2.75) is 91.9 Å². The van der Waals surface area contributed by atoms with E-state index in [0.717, 1.165) is 24.7 Å². The Kier molecular flexibility index (Phi) is 11.9. The van der Waals surface area contributed by atoms with Crippen molar-refractivity contribution in [3.05, 3.63) is 24.3 Å². The molecule has 1 rings (SSSR count). The smallest absolute Gasteiger partial charge is 0.0323 e. The summed E-state index contributed by atoms with van der Waals surface area (Å²) in [7, 11) is 0. The molecule has 0 aromatic rings. The lowest BCUT2D eigenvalue weighted by Gasteiger charge is -2.28. The van der Waals surface area contributed by atoms with E-state index in [9.17, 15) is 0 Å². The summed E-state index contributed by atoms with van der Waals surface area (Å²) >= 11 is 0. The minimum absolute atomic E-state index is 1.02. The maximum absolute atomic E-state index is 3.82. The van der Waals surface area contributed by atoms with E-state index in [4.69, 9.17) is 0 Å². The quantitative estimate of drug-likeness (QED) is 0.428. The van der Waals surface area contributed by atoms with Crippen LogP contribution in [0.15, 0.2) is 24.3 Å². The van der Waals surface area contributed by atoms with Crippen molar-refractivity contribution >= 4 is 0 Å². The van der Waals surface area contributed by atoms with Gasteiger partial charge in [0.15, 0.2) is 0 Å². The number of hydrogen-bond acceptors (Lipinski definition) is 0. The van der Waals surface area contributed by atoms with Gasteiger partial charge in [0.1, 0.15) is 0 Å². The van der Waals surface area contributed by atoms with Crippen LogP contribution in [0.2, 0.25) is 0 Å². The molecule has 2 atom stereocenters. The first-order valence-electron chi connectivity index (χ1n) is 8.76. The van der Waals surface area contributed by atoms with Crippen molar-refractivity contribution in [3.63, 3.8) is 0 Å². The molecule has 0 spiro atoms. The van der Waals surface area contributed by atoms with Crippen molar-refractivity contribution in [2.24, 2.45) is 11.8 Å². The average Bonchev–Trinajstić information content (AvgIpc) is 2.38. The van der Waals surface area contributed by atoms with Gasteiger partial charge >= 0.3 is 0 Å². The Morgan fingerprint density at radius 3 is 1.95 bits per heavy atom. The summed E-state index contributed by atoms with van der Waals surface area (Å²) in [5.41, 5.74) is 2.55. The molecule has 118 valence electrons. The van der Waals surface area contributed by atoms with E-state index in [2.05, 4.69) is 40.9 Å². The van der Waals surface area contributed by atoms with Crippen LogP contribution < -0.4 is 0 Å². The molecule has 0 aliphatic heterocycles. The molecule has 0 aromatic heterocycles. The molecule has 0 N–H and O–H groups in total. The maximum atomic E-state index is 3.82. The molecule has 1 saturated carbocycles. The molecule has 1 fully saturated rings. The lowest BCUT2D eigenvalue weighted by Crippen LogP contribution is -2.16. The second-order valence-corrected chi connectivity index (χ2v) is 6.93. The van der Waals surface area contributed by atoms with Crippen molar-refractivity contribution < 1.29 is 0 Å². The second-order valence-electron chi connectivity index (χ2n) is 6.93. The van der Waals surface area contributed by atoms with Crippen LogP contribution in [0.1, 0.15) is 91.9 Å². The molecule has 1 aliphatic carbocycles. The monoisotopic (exact) mass is 278 g/mol. The van der Waals surface area contributed by atoms with Gasteiger partial charge in [-0.25, -0.2) is 0 Å². The molecule has 2 unspecified atom stereocenters. The highest BCUT2D eigenvalue weighted by atomic mass is 14.3. The average molecular weight is 279 g/mol. The highest BCUT2D eigenvalue weighted by Gasteiger charge is 2.19. The predicted molar refractivity (Wildman–Crippen MR) is 94.1 cm³/mol. The molecular weight excluding hydrogens is 240 g/mol. The van der Waals surface area contributed by atoms with Gasteiger partial charge in [-0.15, -0.1) is 13.2 Å². The predicted octanol–water partition coefficient (Wildman–Crippen LogP) is 7.31. The SMILES string of the molecule is C=C(C)CCCC(=C)C.CCCCC1CCCCC1C. The molecule has 0 saturated heterocycles. The van der Waals surface area contributed by atoms with E-state index in [1.54, 1.807) is 0 Å². The molecule has 0 aromatic carbocycles. The van der Waals surface area contributed by atoms with Crippen LogP contribution in [-0.2, 0) is 0 Å². The first kappa shape index (κ1) is 19.5. The summed E-state index contributed by atoms with van der Waals surface area (Å²) in [5.74, 6) is 2.10. The van der Waals surface area contributed by atoms with Crippen LogP contribution in [0.3, 0.4) is 0 Å². The standard InChI is InChI=1S/C11H22.C9H16/c1-3-4-8-11-9-6-5-7-10(11)2;1-8(2)6-5-7-9(3)4/h10-11H,3-9H2,1-2H3;1,3,5-7H2,2,4H3. The number of unbranched alkanes of at least 4 members (excludes halogenated alkanes) is 1. The number of hydrogen-bond donors (Lipinski definition) is 0. The number of rotatable bonds is 7. The maximum Gasteiger partial charge on any atom is -0.0323 e. The molecule has 0 heterocycles. The first-order chi connectivity index (χ1) is 9.47. The van der Waals surface area contributed by atoms with Gasteiger partial charge in [-0.2, -0.15) is 0 Å². The Hall–Kier alpha value is -0.520. The molecule has 0 amide bonds. The van der Waals surface area contributed by atoms with Crippen molar-refractivity contribution in [2.75, 3.05) is 0 Å². The molecule has 0 heteroatoms. The third kappa shape index (κ3) is 11.3. The summed E-state index contributed by atoms with van der Waals surface area (Å²) < 4.78 is 0. The molecule has 0 radical (unpaired) electrons. The van der Waals surface area contributed by atoms with E-state index in [0.29, 0.717) is 0 Å². The molecule has 0 bridgehead atoms. The zero-order chi connectivity index (χ0) is 15.4. The van der Waals surface area contributed by atoms with Gasteiger partial charge in [0.2, 0.25) is 0 Å². The van der Waals surface area contributed by atoms with Gasteiger partial charge in [0, 0.05) is 0 Å². The Morgan fingerprint density at radius 2 is 1.50 bits per heavy atom. The van der Waals surface area contributed by atoms with Crippen LogP contribution in [0.5, 0.6) is 0 Å². The van der Waals surface area contributed by atoms with Gasteiger partial charge in [0.25, 0.3) is 0 Å². The summed E-state index contributed by atoms with van der Waals surface area (Å²) in [4.78, 5) is 0. The molecule has 20 heavy (non-hydrogen) atoms. The summed E-state index contributed by atoms with van der Waals surface area (Å²) in [6.45, 7) is 16.5. The third-order valence-electron chi connectivity index (χ3n) is 4.42. The van der Waals surface area contributed by atoms with Crippen LogP contribution >= 0.6 is 0 Å². The Morgan fingerprint density at radius 1 is 0.950 bits per heavy atom. The van der Waals surface area contributed by atoms with Crippen LogP contribution in [-0.4, -0.2) is 0 Å². The topological polar surface area (TPSA) is 0 Å². The fourth-order valence-corrected chi connectivity index (χ4v) is 2.98. The van der Waals surface area contributed by atoms with Crippen LogP contribution in [0.4, 0.5) is 0 Å². The van der Waals surface area contributed by atoms with Gasteiger partial charge in [0.05, 0.1) is 0 Å². The van der Waals surface area contributed by atoms with E-state index >= 15 is 0 Å². The van der Waals surface area contributed by atoms with Gasteiger partial charge in [-0.3, -0.25) is 0 Å². The van der Waals surface area contributed by atoms with Crippen molar-refractivity contribution in [3.8, 4) is 0 Å². The van der Waals surface area contributed by atoms with E-state index in [1.807, 2.05) is 0 Å². The Labute approximate surface area is 128 Å². The van der Waals surface area contributed by atoms with Gasteiger partial charge in [-0.05, 0) is 44.9 Å².